The van der Waals surface area contributed by atoms with Crippen molar-refractivity contribution in [3.8, 4) is 5.75 Å². The summed E-state index contributed by atoms with van der Waals surface area (Å²) in [5.74, 6) is 0.721. The summed E-state index contributed by atoms with van der Waals surface area (Å²) >= 11 is 0. The topological polar surface area (TPSA) is 99.1 Å². The maximum absolute atomic E-state index is 13.7. The van der Waals surface area contributed by atoms with E-state index in [9.17, 15) is 9.59 Å². The second kappa shape index (κ2) is 11.2. The second-order valence-corrected chi connectivity index (χ2v) is 10.5. The number of fused-ring (bicyclic) bond motifs is 2. The Hall–Kier alpha value is -4.90. The van der Waals surface area contributed by atoms with Crippen molar-refractivity contribution >= 4 is 51.3 Å². The normalized spacial score (nSPS) is 15.5. The minimum Gasteiger partial charge on any atom is -0.494 e. The van der Waals surface area contributed by atoms with E-state index in [1.54, 1.807) is 37.4 Å². The standard InChI is InChI=1S/C31H34N8O3/c1-5-27(40)39-18-17-38(24-7-6-8-26(42-4)28(24)39)25-19-21-20-32-31(34-29(21)36(3)30(25)41)33-22-9-11-23(12-10-22)37-15-13-35(2)14-16-37/h5-12,19-20H,1,13-18H2,2-4H3,(H,32,33,34). The van der Waals surface area contributed by atoms with Crippen LogP contribution in [-0.4, -0.2) is 78.8 Å². The number of methoxy groups -OCH3 is 1. The molecule has 0 bridgehead atoms. The zero-order valence-corrected chi connectivity index (χ0v) is 24.1. The van der Waals surface area contributed by atoms with Gasteiger partial charge >= 0.3 is 0 Å². The highest BCUT2D eigenvalue weighted by Gasteiger charge is 2.31. The zero-order valence-electron chi connectivity index (χ0n) is 24.1. The molecule has 1 fully saturated rings. The van der Waals surface area contributed by atoms with E-state index in [1.807, 2.05) is 29.2 Å². The van der Waals surface area contributed by atoms with Crippen molar-refractivity contribution < 1.29 is 9.53 Å². The molecule has 4 aromatic rings. The van der Waals surface area contributed by atoms with Gasteiger partial charge in [0.2, 0.25) is 5.95 Å². The molecule has 0 atom stereocenters. The first-order valence-corrected chi connectivity index (χ1v) is 13.9. The van der Waals surface area contributed by atoms with Crippen LogP contribution >= 0.6 is 0 Å². The van der Waals surface area contributed by atoms with E-state index in [2.05, 4.69) is 50.8 Å². The van der Waals surface area contributed by atoms with Gasteiger partial charge in [-0.05, 0) is 55.6 Å². The first kappa shape index (κ1) is 27.3. The number of hydrogen-bond acceptors (Lipinski definition) is 9. The van der Waals surface area contributed by atoms with Gasteiger partial charge in [-0.1, -0.05) is 12.6 Å². The summed E-state index contributed by atoms with van der Waals surface area (Å²) in [5, 5.41) is 3.99. The van der Waals surface area contributed by atoms with Gasteiger partial charge in [0.1, 0.15) is 22.8 Å². The van der Waals surface area contributed by atoms with Crippen LogP contribution < -0.4 is 30.3 Å². The molecule has 4 heterocycles. The van der Waals surface area contributed by atoms with Crippen LogP contribution in [0.3, 0.4) is 0 Å². The molecule has 11 heteroatoms. The molecule has 11 nitrogen and oxygen atoms in total. The Morgan fingerprint density at radius 2 is 1.76 bits per heavy atom. The van der Waals surface area contributed by atoms with Gasteiger partial charge in [0.05, 0.1) is 12.8 Å². The lowest BCUT2D eigenvalue weighted by Gasteiger charge is -2.37. The Morgan fingerprint density at radius 3 is 2.48 bits per heavy atom. The molecule has 42 heavy (non-hydrogen) atoms. The Morgan fingerprint density at radius 1 is 1.00 bits per heavy atom. The van der Waals surface area contributed by atoms with Crippen LogP contribution in [-0.2, 0) is 11.8 Å². The van der Waals surface area contributed by atoms with Crippen LogP contribution in [0, 0.1) is 0 Å². The number of ether oxygens (including phenoxy) is 1. The smallest absolute Gasteiger partial charge is 0.275 e. The summed E-state index contributed by atoms with van der Waals surface area (Å²) in [4.78, 5) is 43.8. The largest absolute Gasteiger partial charge is 0.494 e. The van der Waals surface area contributed by atoms with Crippen LogP contribution in [0.15, 0.2) is 72.2 Å². The van der Waals surface area contributed by atoms with Crippen LogP contribution in [0.1, 0.15) is 0 Å². The van der Waals surface area contributed by atoms with Crippen LogP contribution in [0.25, 0.3) is 11.0 Å². The number of benzene rings is 2. The molecule has 2 aliphatic heterocycles. The highest BCUT2D eigenvalue weighted by atomic mass is 16.5. The number of anilines is 6. The number of hydrogen-bond donors (Lipinski definition) is 1. The summed E-state index contributed by atoms with van der Waals surface area (Å²) in [6.45, 7) is 8.55. The molecular formula is C31H34N8O3. The number of para-hydroxylation sites is 1. The molecule has 2 aromatic heterocycles. The van der Waals surface area contributed by atoms with Crippen molar-refractivity contribution in [1.29, 1.82) is 0 Å². The van der Waals surface area contributed by atoms with Crippen molar-refractivity contribution in [1.82, 2.24) is 19.4 Å². The van der Waals surface area contributed by atoms with Gasteiger partial charge in [-0.2, -0.15) is 4.98 Å². The number of pyridine rings is 1. The number of carbonyl (C=O) groups is 1. The minimum absolute atomic E-state index is 0.207. The summed E-state index contributed by atoms with van der Waals surface area (Å²) in [6.07, 6.45) is 3.00. The number of nitrogens with zero attached hydrogens (tertiary/aromatic N) is 7. The van der Waals surface area contributed by atoms with Crippen molar-refractivity contribution in [2.45, 2.75) is 0 Å². The first-order chi connectivity index (χ1) is 20.4. The van der Waals surface area contributed by atoms with Crippen LogP contribution in [0.5, 0.6) is 5.75 Å². The van der Waals surface area contributed by atoms with Gasteiger partial charge < -0.3 is 29.7 Å². The molecule has 0 saturated carbocycles. The van der Waals surface area contributed by atoms with Crippen LogP contribution in [0.2, 0.25) is 0 Å². The quantitative estimate of drug-likeness (QED) is 0.352. The van der Waals surface area contributed by atoms with E-state index < -0.39 is 0 Å². The predicted octanol–water partition coefficient (Wildman–Crippen LogP) is 3.50. The van der Waals surface area contributed by atoms with Crippen molar-refractivity contribution in [3.63, 3.8) is 0 Å². The lowest BCUT2D eigenvalue weighted by molar-refractivity contribution is -0.114. The molecule has 0 spiro atoms. The monoisotopic (exact) mass is 566 g/mol. The number of piperazine rings is 1. The Labute approximate surface area is 244 Å². The van der Waals surface area contributed by atoms with E-state index in [0.717, 1.165) is 37.3 Å². The molecule has 2 aromatic carbocycles. The maximum Gasteiger partial charge on any atom is 0.275 e. The number of rotatable bonds is 6. The fraction of sp³-hybridized carbons (Fsp3) is 0.290. The summed E-state index contributed by atoms with van der Waals surface area (Å²) in [7, 11) is 5.42. The van der Waals surface area contributed by atoms with Gasteiger partial charge in [0, 0.05) is 69.3 Å². The molecule has 0 aliphatic carbocycles. The maximum atomic E-state index is 13.7. The second-order valence-electron chi connectivity index (χ2n) is 10.5. The molecule has 1 amide bonds. The number of carbonyl (C=O) groups excluding carboxylic acids is 1. The SMILES string of the molecule is C=CC(=O)N1CCN(c2cc3cnc(Nc4ccc(N5CCN(C)CC5)cc4)nc3n(C)c2=O)c2cccc(OC)c21. The molecule has 216 valence electrons. The molecule has 2 aliphatic rings. The van der Waals surface area contributed by atoms with Crippen molar-refractivity contribution in [2.24, 2.45) is 7.05 Å². The molecule has 0 unspecified atom stereocenters. The van der Waals surface area contributed by atoms with Crippen LogP contribution in [0.4, 0.5) is 34.4 Å². The van der Waals surface area contributed by atoms with Gasteiger partial charge in [-0.25, -0.2) is 4.98 Å². The summed E-state index contributed by atoms with van der Waals surface area (Å²) in [5.41, 5.74) is 4.14. The van der Waals surface area contributed by atoms with E-state index >= 15 is 0 Å². The van der Waals surface area contributed by atoms with E-state index in [0.29, 0.717) is 47.5 Å². The molecule has 1 N–H and O–H groups in total. The van der Waals surface area contributed by atoms with Gasteiger partial charge in [0.15, 0.2) is 0 Å². The van der Waals surface area contributed by atoms with E-state index in [1.165, 1.54) is 16.3 Å². The average molecular weight is 567 g/mol. The lowest BCUT2D eigenvalue weighted by atomic mass is 10.1. The number of amides is 1. The average Bonchev–Trinajstić information content (AvgIpc) is 3.02. The number of aromatic nitrogens is 3. The third kappa shape index (κ3) is 4.92. The van der Waals surface area contributed by atoms with E-state index in [-0.39, 0.29) is 11.5 Å². The first-order valence-electron chi connectivity index (χ1n) is 13.9. The molecule has 0 radical (unpaired) electrons. The zero-order chi connectivity index (χ0) is 29.4. The number of likely N-dealkylation sites (N-methyl/N-ethyl adjacent to an activating group) is 1. The molecule has 1 saturated heterocycles. The molecule has 6 rings (SSSR count). The fourth-order valence-corrected chi connectivity index (χ4v) is 5.61. The summed E-state index contributed by atoms with van der Waals surface area (Å²) < 4.78 is 7.12. The predicted molar refractivity (Wildman–Crippen MR) is 167 cm³/mol. The van der Waals surface area contributed by atoms with Gasteiger partial charge in [0.25, 0.3) is 11.5 Å². The third-order valence-electron chi connectivity index (χ3n) is 7.96. The van der Waals surface area contributed by atoms with Gasteiger partial charge in [-0.3, -0.25) is 14.2 Å². The van der Waals surface area contributed by atoms with Crippen molar-refractivity contribution in [2.75, 3.05) is 73.4 Å². The highest BCUT2D eigenvalue weighted by molar-refractivity contribution is 6.06. The summed E-state index contributed by atoms with van der Waals surface area (Å²) in [6, 6.07) is 15.6. The lowest BCUT2D eigenvalue weighted by Crippen LogP contribution is -2.44. The Kier molecular flexibility index (Phi) is 7.26. The minimum atomic E-state index is -0.228. The number of aryl methyl sites for hydroxylation is 1. The third-order valence-corrected chi connectivity index (χ3v) is 7.96. The fourth-order valence-electron chi connectivity index (χ4n) is 5.61. The number of nitrogens with one attached hydrogen (secondary N) is 1. The van der Waals surface area contributed by atoms with E-state index in [4.69, 9.17) is 4.74 Å². The highest BCUT2D eigenvalue weighted by Crippen LogP contribution is 2.43. The Balaban J connectivity index is 1.29. The van der Waals surface area contributed by atoms with Gasteiger partial charge in [-0.15, -0.1) is 0 Å². The Bertz CT molecular complexity index is 1710. The molecular weight excluding hydrogens is 532 g/mol. The van der Waals surface area contributed by atoms with Crippen molar-refractivity contribution in [3.05, 3.63) is 77.7 Å².